The molecule has 1 aromatic rings. The zero-order valence-corrected chi connectivity index (χ0v) is 16.1. The van der Waals surface area contributed by atoms with Crippen LogP contribution in [0, 0.1) is 0 Å². The minimum absolute atomic E-state index is 0.0334. The molecule has 0 aromatic carbocycles. The van der Waals surface area contributed by atoms with Crippen molar-refractivity contribution in [1.29, 1.82) is 0 Å². The third kappa shape index (κ3) is 3.92. The van der Waals surface area contributed by atoms with Gasteiger partial charge in [-0.2, -0.15) is 0 Å². The molecule has 2 saturated heterocycles. The molecule has 0 aliphatic carbocycles. The minimum Gasteiger partial charge on any atom is -0.464 e. The predicted molar refractivity (Wildman–Crippen MR) is 95.8 cm³/mol. The Morgan fingerprint density at radius 1 is 1.27 bits per heavy atom. The van der Waals surface area contributed by atoms with Crippen LogP contribution in [0.2, 0.25) is 0 Å². The van der Waals surface area contributed by atoms with E-state index in [9.17, 15) is 9.90 Å². The maximum absolute atomic E-state index is 12.7. The standard InChI is InChI=1S/C19H29N3O4/c1-5-25-16-20-11-13(12-21-16)19(24)9-14-7-6-8-15(10-19)22(14)17(23)26-18(2,3)4/h11-12,14-15,24H,5-10H2,1-4H3. The number of ether oxygens (including phenoxy) is 2. The highest BCUT2D eigenvalue weighted by molar-refractivity contribution is 5.69. The second-order valence-electron chi connectivity index (χ2n) is 8.25. The number of amides is 1. The van der Waals surface area contributed by atoms with Gasteiger partial charge in [0.2, 0.25) is 0 Å². The van der Waals surface area contributed by atoms with E-state index in [0.29, 0.717) is 31.0 Å². The fourth-order valence-corrected chi connectivity index (χ4v) is 4.04. The van der Waals surface area contributed by atoms with E-state index in [0.717, 1.165) is 19.3 Å². The molecule has 2 unspecified atom stereocenters. The van der Waals surface area contributed by atoms with Crippen LogP contribution in [-0.2, 0) is 10.3 Å². The van der Waals surface area contributed by atoms with Crippen LogP contribution in [0.5, 0.6) is 6.01 Å². The quantitative estimate of drug-likeness (QED) is 0.888. The van der Waals surface area contributed by atoms with E-state index >= 15 is 0 Å². The zero-order chi connectivity index (χ0) is 18.9. The third-order valence-corrected chi connectivity index (χ3v) is 5.05. The molecule has 3 rings (SSSR count). The van der Waals surface area contributed by atoms with Gasteiger partial charge < -0.3 is 19.5 Å². The Morgan fingerprint density at radius 3 is 2.35 bits per heavy atom. The van der Waals surface area contributed by atoms with E-state index < -0.39 is 11.2 Å². The molecule has 2 bridgehead atoms. The molecule has 0 saturated carbocycles. The summed E-state index contributed by atoms with van der Waals surface area (Å²) in [6, 6.07) is 0.245. The Kier molecular flexibility index (Phi) is 5.10. The number of piperidine rings is 2. The lowest BCUT2D eigenvalue weighted by Crippen LogP contribution is -2.59. The number of hydrogen-bond acceptors (Lipinski definition) is 6. The van der Waals surface area contributed by atoms with Gasteiger partial charge >= 0.3 is 12.1 Å². The van der Waals surface area contributed by atoms with Crippen molar-refractivity contribution < 1.29 is 19.4 Å². The fraction of sp³-hybridized carbons (Fsp3) is 0.737. The smallest absolute Gasteiger partial charge is 0.410 e. The minimum atomic E-state index is -1.03. The van der Waals surface area contributed by atoms with Crippen molar-refractivity contribution in [3.63, 3.8) is 0 Å². The summed E-state index contributed by atoms with van der Waals surface area (Å²) in [5.41, 5.74) is -0.872. The Balaban J connectivity index is 1.79. The normalized spacial score (nSPS) is 28.6. The van der Waals surface area contributed by atoms with Crippen molar-refractivity contribution in [3.05, 3.63) is 18.0 Å². The number of rotatable bonds is 3. The Bertz CT molecular complexity index is 627. The van der Waals surface area contributed by atoms with Gasteiger partial charge in [-0.3, -0.25) is 0 Å². The Morgan fingerprint density at radius 2 is 1.85 bits per heavy atom. The van der Waals surface area contributed by atoms with Crippen LogP contribution in [0.15, 0.2) is 12.4 Å². The van der Waals surface area contributed by atoms with E-state index in [-0.39, 0.29) is 18.2 Å². The molecular weight excluding hydrogens is 334 g/mol. The van der Waals surface area contributed by atoms with Crippen LogP contribution in [0.25, 0.3) is 0 Å². The average Bonchev–Trinajstić information content (AvgIpc) is 2.53. The maximum Gasteiger partial charge on any atom is 0.410 e. The molecule has 2 fully saturated rings. The summed E-state index contributed by atoms with van der Waals surface area (Å²) in [5.74, 6) is 0. The summed E-state index contributed by atoms with van der Waals surface area (Å²) in [5, 5.41) is 11.3. The highest BCUT2D eigenvalue weighted by Crippen LogP contribution is 2.44. The molecule has 2 atom stereocenters. The number of aliphatic hydroxyl groups is 1. The predicted octanol–water partition coefficient (Wildman–Crippen LogP) is 3.01. The molecule has 0 spiro atoms. The molecule has 2 aliphatic heterocycles. The Hall–Kier alpha value is -1.89. The largest absolute Gasteiger partial charge is 0.464 e. The average molecular weight is 363 g/mol. The van der Waals surface area contributed by atoms with E-state index in [4.69, 9.17) is 9.47 Å². The topological polar surface area (TPSA) is 84.8 Å². The lowest BCUT2D eigenvalue weighted by molar-refractivity contribution is -0.0968. The molecule has 26 heavy (non-hydrogen) atoms. The first-order chi connectivity index (χ1) is 12.2. The van der Waals surface area contributed by atoms with E-state index in [2.05, 4.69) is 9.97 Å². The number of fused-ring (bicyclic) bond motifs is 2. The molecule has 7 nitrogen and oxygen atoms in total. The Labute approximate surface area is 154 Å². The highest BCUT2D eigenvalue weighted by atomic mass is 16.6. The summed E-state index contributed by atoms with van der Waals surface area (Å²) in [6.07, 6.45) is 6.74. The summed E-state index contributed by atoms with van der Waals surface area (Å²) < 4.78 is 10.9. The molecule has 1 amide bonds. The SMILES string of the molecule is CCOc1ncc(C2(O)CC3CCCC(C2)N3C(=O)OC(C)(C)C)cn1. The van der Waals surface area contributed by atoms with Crippen LogP contribution in [0.4, 0.5) is 4.79 Å². The molecule has 1 aromatic heterocycles. The van der Waals surface area contributed by atoms with Gasteiger partial charge in [0.15, 0.2) is 0 Å². The van der Waals surface area contributed by atoms with E-state index in [1.807, 2.05) is 32.6 Å². The third-order valence-electron chi connectivity index (χ3n) is 5.05. The lowest BCUT2D eigenvalue weighted by Gasteiger charge is -2.51. The first kappa shape index (κ1) is 18.9. The second kappa shape index (κ2) is 7.02. The van der Waals surface area contributed by atoms with Gasteiger partial charge in [-0.05, 0) is 47.0 Å². The van der Waals surface area contributed by atoms with Crippen LogP contribution in [0.1, 0.15) is 65.4 Å². The van der Waals surface area contributed by atoms with Gasteiger partial charge in [0.25, 0.3) is 0 Å². The van der Waals surface area contributed by atoms with Crippen molar-refractivity contribution in [2.24, 2.45) is 0 Å². The van der Waals surface area contributed by atoms with E-state index in [1.165, 1.54) is 0 Å². The van der Waals surface area contributed by atoms with Gasteiger partial charge in [-0.1, -0.05) is 0 Å². The number of carbonyl (C=O) groups excluding carboxylic acids is 1. The monoisotopic (exact) mass is 363 g/mol. The van der Waals surface area contributed by atoms with Gasteiger partial charge in [0.05, 0.1) is 12.2 Å². The number of nitrogens with zero attached hydrogens (tertiary/aromatic N) is 3. The summed E-state index contributed by atoms with van der Waals surface area (Å²) in [7, 11) is 0. The molecule has 144 valence electrons. The van der Waals surface area contributed by atoms with Gasteiger partial charge in [0.1, 0.15) is 5.60 Å². The van der Waals surface area contributed by atoms with Crippen LogP contribution in [0.3, 0.4) is 0 Å². The van der Waals surface area contributed by atoms with Crippen molar-refractivity contribution in [2.45, 2.75) is 83.1 Å². The van der Waals surface area contributed by atoms with Gasteiger partial charge in [-0.25, -0.2) is 14.8 Å². The summed E-state index contributed by atoms with van der Waals surface area (Å²) >= 11 is 0. The maximum atomic E-state index is 12.7. The van der Waals surface area contributed by atoms with Gasteiger partial charge in [-0.15, -0.1) is 0 Å². The van der Waals surface area contributed by atoms with E-state index in [1.54, 1.807) is 12.4 Å². The van der Waals surface area contributed by atoms with Crippen LogP contribution < -0.4 is 4.74 Å². The molecule has 2 aliphatic rings. The summed E-state index contributed by atoms with van der Waals surface area (Å²) in [4.78, 5) is 22.9. The second-order valence-corrected chi connectivity index (χ2v) is 8.25. The first-order valence-corrected chi connectivity index (χ1v) is 9.41. The summed E-state index contributed by atoms with van der Waals surface area (Å²) in [6.45, 7) is 7.99. The molecule has 1 N–H and O–H groups in total. The van der Waals surface area contributed by atoms with Crippen molar-refractivity contribution in [3.8, 4) is 6.01 Å². The number of carbonyl (C=O) groups is 1. The lowest BCUT2D eigenvalue weighted by atomic mass is 9.73. The van der Waals surface area contributed by atoms with Crippen molar-refractivity contribution in [1.82, 2.24) is 14.9 Å². The van der Waals surface area contributed by atoms with Gasteiger partial charge in [0, 0.05) is 42.9 Å². The molecule has 7 heteroatoms. The van der Waals surface area contributed by atoms with Crippen molar-refractivity contribution >= 4 is 6.09 Å². The highest BCUT2D eigenvalue weighted by Gasteiger charge is 2.49. The molecule has 0 radical (unpaired) electrons. The van der Waals surface area contributed by atoms with Crippen LogP contribution in [-0.4, -0.2) is 50.4 Å². The first-order valence-electron chi connectivity index (χ1n) is 9.41. The zero-order valence-electron chi connectivity index (χ0n) is 16.1. The van der Waals surface area contributed by atoms with Crippen molar-refractivity contribution in [2.75, 3.05) is 6.61 Å². The molecular formula is C19H29N3O4. The molecule has 3 heterocycles. The van der Waals surface area contributed by atoms with Crippen LogP contribution >= 0.6 is 0 Å². The number of hydrogen-bond donors (Lipinski definition) is 1. The number of aromatic nitrogens is 2. The fourth-order valence-electron chi connectivity index (χ4n) is 4.04.